The second-order valence-electron chi connectivity index (χ2n) is 12.6. The molecular weight excluding hydrogens is 652 g/mol. The van der Waals surface area contributed by atoms with Gasteiger partial charge in [-0.2, -0.15) is 5.10 Å². The Morgan fingerprint density at radius 1 is 1.18 bits per heavy atom. The quantitative estimate of drug-likeness (QED) is 0.242. The van der Waals surface area contributed by atoms with E-state index in [-0.39, 0.29) is 41.8 Å². The fourth-order valence-corrected chi connectivity index (χ4v) is 6.84. The Balaban J connectivity index is 1.15. The molecule has 1 N–H and O–H groups in total. The average Bonchev–Trinajstić information content (AvgIpc) is 3.84. The number of hydrogen-bond donors (Lipinski definition) is 1. The molecule has 0 amide bonds. The number of alkyl halides is 2. The number of rotatable bonds is 7. The molecule has 4 aromatic heterocycles. The zero-order valence-electron chi connectivity index (χ0n) is 27.3. The smallest absolute Gasteiger partial charge is 0.326 e. The van der Waals surface area contributed by atoms with Crippen molar-refractivity contribution in [2.75, 3.05) is 42.7 Å². The summed E-state index contributed by atoms with van der Waals surface area (Å²) in [5, 5.41) is 15.3. The van der Waals surface area contributed by atoms with Gasteiger partial charge in [-0.25, -0.2) is 28.5 Å². The standard InChI is InChI=1S/C35H33F2N7O6/c1-3-42-11-10-22(41-42)9-8-21-14-25(43-12-13-48-35(20(43)2)18-47-19-35)33(38-16-21)49-23-15-26(34(45)46)44(17-23)32-29-28(39-31(40-32)30(36)37)24-6-4-5-7-27(24)50-29/h4-7,10-11,14,16,20,23,26,30H,3,12-13,15,17-19H2,1-2H3,(H,45,46)/t20-,23-,26-/m0/s1. The molecule has 3 saturated heterocycles. The van der Waals surface area contributed by atoms with Crippen molar-refractivity contribution in [1.29, 1.82) is 0 Å². The molecule has 0 aliphatic carbocycles. The van der Waals surface area contributed by atoms with E-state index >= 15 is 0 Å². The van der Waals surface area contributed by atoms with E-state index in [0.717, 1.165) is 6.54 Å². The number of anilines is 2. The van der Waals surface area contributed by atoms with E-state index in [1.54, 1.807) is 35.1 Å². The topological polar surface area (TPSA) is 141 Å². The summed E-state index contributed by atoms with van der Waals surface area (Å²) < 4.78 is 54.2. The first kappa shape index (κ1) is 31.9. The van der Waals surface area contributed by atoms with Crippen LogP contribution in [0.4, 0.5) is 20.3 Å². The van der Waals surface area contributed by atoms with E-state index < -0.39 is 36.0 Å². The lowest BCUT2D eigenvalue weighted by Crippen LogP contribution is -2.68. The Morgan fingerprint density at radius 3 is 2.76 bits per heavy atom. The Morgan fingerprint density at radius 2 is 2.02 bits per heavy atom. The van der Waals surface area contributed by atoms with E-state index in [1.807, 2.05) is 25.3 Å². The van der Waals surface area contributed by atoms with E-state index in [4.69, 9.17) is 18.6 Å². The number of aliphatic carboxylic acids is 1. The maximum absolute atomic E-state index is 14.1. The highest BCUT2D eigenvalue weighted by atomic mass is 19.3. The molecule has 0 radical (unpaired) electrons. The van der Waals surface area contributed by atoms with Crippen LogP contribution in [-0.4, -0.2) is 92.5 Å². The molecule has 258 valence electrons. The fraction of sp³-hybridized carbons (Fsp3) is 0.400. The summed E-state index contributed by atoms with van der Waals surface area (Å²) in [4.78, 5) is 29.1. The van der Waals surface area contributed by atoms with Gasteiger partial charge in [-0.05, 0) is 44.0 Å². The van der Waals surface area contributed by atoms with Gasteiger partial charge in [0.2, 0.25) is 5.88 Å². The van der Waals surface area contributed by atoms with Crippen LogP contribution in [0, 0.1) is 11.8 Å². The lowest BCUT2D eigenvalue weighted by atomic mass is 9.90. The molecule has 3 fully saturated rings. The number of morpholine rings is 1. The molecule has 0 saturated carbocycles. The number of carboxylic acids is 1. The van der Waals surface area contributed by atoms with Crippen LogP contribution in [-0.2, 0) is 20.8 Å². The maximum Gasteiger partial charge on any atom is 0.326 e. The van der Waals surface area contributed by atoms with Crippen LogP contribution in [0.3, 0.4) is 0 Å². The predicted molar refractivity (Wildman–Crippen MR) is 176 cm³/mol. The molecule has 7 heterocycles. The van der Waals surface area contributed by atoms with Crippen LogP contribution < -0.4 is 14.5 Å². The Bertz CT molecular complexity index is 2160. The van der Waals surface area contributed by atoms with Gasteiger partial charge in [0.15, 0.2) is 17.2 Å². The number of para-hydroxylation sites is 1. The van der Waals surface area contributed by atoms with Crippen molar-refractivity contribution in [3.05, 3.63) is 65.9 Å². The lowest BCUT2D eigenvalue weighted by Gasteiger charge is -2.53. The molecule has 50 heavy (non-hydrogen) atoms. The monoisotopic (exact) mass is 685 g/mol. The number of furan rings is 1. The highest BCUT2D eigenvalue weighted by molar-refractivity contribution is 6.06. The minimum Gasteiger partial charge on any atom is -0.480 e. The van der Waals surface area contributed by atoms with E-state index in [2.05, 4.69) is 43.7 Å². The lowest BCUT2D eigenvalue weighted by molar-refractivity contribution is -0.228. The average molecular weight is 686 g/mol. The number of carboxylic acid groups (broad SMARTS) is 1. The van der Waals surface area contributed by atoms with Gasteiger partial charge in [0, 0.05) is 42.9 Å². The van der Waals surface area contributed by atoms with Crippen molar-refractivity contribution >= 4 is 39.5 Å². The van der Waals surface area contributed by atoms with Crippen molar-refractivity contribution in [3.8, 4) is 17.7 Å². The fourth-order valence-electron chi connectivity index (χ4n) is 6.84. The van der Waals surface area contributed by atoms with Gasteiger partial charge in [-0.15, -0.1) is 0 Å². The molecule has 3 aliphatic heterocycles. The van der Waals surface area contributed by atoms with Gasteiger partial charge in [0.1, 0.15) is 40.2 Å². The van der Waals surface area contributed by atoms with E-state index in [1.165, 1.54) is 4.90 Å². The molecule has 3 atom stereocenters. The molecule has 1 aromatic carbocycles. The number of carbonyl (C=O) groups is 1. The molecular formula is C35H33F2N7O6. The Kier molecular flexibility index (Phi) is 7.99. The van der Waals surface area contributed by atoms with Crippen molar-refractivity contribution in [2.24, 2.45) is 0 Å². The third-order valence-corrected chi connectivity index (χ3v) is 9.60. The highest BCUT2D eigenvalue weighted by Gasteiger charge is 2.50. The molecule has 0 unspecified atom stereocenters. The van der Waals surface area contributed by atoms with Crippen LogP contribution in [0.2, 0.25) is 0 Å². The number of fused-ring (bicyclic) bond motifs is 3. The van der Waals surface area contributed by atoms with Crippen LogP contribution in [0.1, 0.15) is 43.8 Å². The maximum atomic E-state index is 14.1. The largest absolute Gasteiger partial charge is 0.480 e. The summed E-state index contributed by atoms with van der Waals surface area (Å²) in [7, 11) is 0. The van der Waals surface area contributed by atoms with Gasteiger partial charge < -0.3 is 33.5 Å². The Labute approximate surface area is 284 Å². The predicted octanol–water partition coefficient (Wildman–Crippen LogP) is 4.43. The van der Waals surface area contributed by atoms with Crippen molar-refractivity contribution < 1.29 is 37.3 Å². The van der Waals surface area contributed by atoms with Gasteiger partial charge in [-0.1, -0.05) is 18.1 Å². The highest BCUT2D eigenvalue weighted by Crippen LogP contribution is 2.41. The van der Waals surface area contributed by atoms with Crippen LogP contribution in [0.5, 0.6) is 5.88 Å². The minimum atomic E-state index is -2.99. The molecule has 0 bridgehead atoms. The number of ether oxygens (including phenoxy) is 3. The zero-order chi connectivity index (χ0) is 34.6. The van der Waals surface area contributed by atoms with Gasteiger partial charge >= 0.3 is 5.97 Å². The molecule has 13 nitrogen and oxygen atoms in total. The summed E-state index contributed by atoms with van der Waals surface area (Å²) in [6, 6.07) is 9.41. The van der Waals surface area contributed by atoms with E-state index in [9.17, 15) is 18.7 Å². The van der Waals surface area contributed by atoms with Crippen molar-refractivity contribution in [1.82, 2.24) is 24.7 Å². The second kappa shape index (κ2) is 12.5. The number of aromatic nitrogens is 5. The second-order valence-corrected chi connectivity index (χ2v) is 12.6. The molecule has 15 heteroatoms. The SMILES string of the molecule is CCn1ccc(C#Cc2cnc(O[C@H]3C[C@@H](C(=O)O)N(c4nc(C(F)F)nc5c4oc4ccccc45)C3)c(N3CCOC4(COC4)[C@@H]3C)c2)n1. The van der Waals surface area contributed by atoms with Gasteiger partial charge in [0.25, 0.3) is 6.43 Å². The number of benzene rings is 1. The number of hydrogen-bond acceptors (Lipinski definition) is 11. The van der Waals surface area contributed by atoms with Crippen LogP contribution in [0.15, 0.2) is 53.2 Å². The third-order valence-electron chi connectivity index (χ3n) is 9.60. The summed E-state index contributed by atoms with van der Waals surface area (Å²) in [6.07, 6.45) is -0.178. The molecule has 5 aromatic rings. The molecule has 1 spiro atoms. The van der Waals surface area contributed by atoms with Crippen molar-refractivity contribution in [3.63, 3.8) is 0 Å². The normalized spacial score (nSPS) is 21.5. The number of aryl methyl sites for hydroxylation is 1. The summed E-state index contributed by atoms with van der Waals surface area (Å²) in [5.41, 5.74) is 2.20. The first-order valence-corrected chi connectivity index (χ1v) is 16.4. The summed E-state index contributed by atoms with van der Waals surface area (Å²) in [6.45, 7) is 6.74. The minimum absolute atomic E-state index is 0.0159. The number of nitrogens with zero attached hydrogens (tertiary/aromatic N) is 7. The van der Waals surface area contributed by atoms with Crippen LogP contribution >= 0.6 is 0 Å². The molecule has 8 rings (SSSR count). The summed E-state index contributed by atoms with van der Waals surface area (Å²) in [5.74, 6) is 4.64. The van der Waals surface area contributed by atoms with Crippen molar-refractivity contribution in [2.45, 2.75) is 57.0 Å². The summed E-state index contributed by atoms with van der Waals surface area (Å²) >= 11 is 0. The first-order chi connectivity index (χ1) is 24.2. The van der Waals surface area contributed by atoms with E-state index in [0.29, 0.717) is 54.3 Å². The Hall–Kier alpha value is -5.33. The zero-order valence-corrected chi connectivity index (χ0v) is 27.3. The van der Waals surface area contributed by atoms with Crippen LogP contribution in [0.25, 0.3) is 22.1 Å². The molecule has 3 aliphatic rings. The first-order valence-electron chi connectivity index (χ1n) is 16.4. The third kappa shape index (κ3) is 5.54. The van der Waals surface area contributed by atoms with Gasteiger partial charge in [0.05, 0.1) is 32.4 Å². The number of halogens is 2. The number of pyridine rings is 1. The van der Waals surface area contributed by atoms with Gasteiger partial charge in [-0.3, -0.25) is 4.68 Å².